The van der Waals surface area contributed by atoms with Gasteiger partial charge in [-0.15, -0.1) is 0 Å². The first-order valence-electron chi connectivity index (χ1n) is 7.25. The Morgan fingerprint density at radius 2 is 1.78 bits per heavy atom. The zero-order chi connectivity index (χ0) is 13.6. The van der Waals surface area contributed by atoms with E-state index >= 15 is 0 Å². The van der Waals surface area contributed by atoms with E-state index in [4.69, 9.17) is 9.47 Å². The lowest BCUT2D eigenvalue weighted by atomic mass is 9.79. The maximum atomic E-state index is 6.18. The molecular weight excluding hydrogens is 339 g/mol. The highest BCUT2D eigenvalue weighted by Gasteiger charge is 2.34. The average Bonchev–Trinajstić information content (AvgIpc) is 2.34. The standard InChI is InChI=1S/C15H29IO2/c1-5-13-6-8-15(12-16,9-7-13)18-11-10-17-14(2,3)4/h13H,5-12H2,1-4H3. The van der Waals surface area contributed by atoms with Gasteiger partial charge >= 0.3 is 0 Å². The van der Waals surface area contributed by atoms with Gasteiger partial charge in [-0.2, -0.15) is 0 Å². The van der Waals surface area contributed by atoms with Gasteiger partial charge in [-0.25, -0.2) is 0 Å². The first-order valence-corrected chi connectivity index (χ1v) is 8.77. The zero-order valence-electron chi connectivity index (χ0n) is 12.4. The Hall–Kier alpha value is 0.650. The van der Waals surface area contributed by atoms with Crippen molar-refractivity contribution in [1.82, 2.24) is 0 Å². The molecule has 0 aromatic carbocycles. The number of alkyl halides is 1. The highest BCUT2D eigenvalue weighted by atomic mass is 127. The SMILES string of the molecule is CCC1CCC(CI)(OCCOC(C)(C)C)CC1. The molecule has 0 radical (unpaired) electrons. The fourth-order valence-corrected chi connectivity index (χ4v) is 3.52. The van der Waals surface area contributed by atoms with Gasteiger partial charge in [0.25, 0.3) is 0 Å². The zero-order valence-corrected chi connectivity index (χ0v) is 14.6. The minimum atomic E-state index is -0.0548. The highest BCUT2D eigenvalue weighted by molar-refractivity contribution is 14.1. The van der Waals surface area contributed by atoms with Gasteiger partial charge in [-0.3, -0.25) is 0 Å². The second kappa shape index (κ2) is 7.44. The highest BCUT2D eigenvalue weighted by Crippen LogP contribution is 2.37. The van der Waals surface area contributed by atoms with Crippen molar-refractivity contribution in [3.8, 4) is 0 Å². The molecule has 0 N–H and O–H groups in total. The Morgan fingerprint density at radius 1 is 1.17 bits per heavy atom. The molecule has 0 unspecified atom stereocenters. The molecule has 0 amide bonds. The van der Waals surface area contributed by atoms with Crippen molar-refractivity contribution in [2.45, 2.75) is 71.0 Å². The smallest absolute Gasteiger partial charge is 0.0772 e. The van der Waals surface area contributed by atoms with E-state index in [-0.39, 0.29) is 11.2 Å². The predicted molar refractivity (Wildman–Crippen MR) is 85.5 cm³/mol. The summed E-state index contributed by atoms with van der Waals surface area (Å²) in [5.74, 6) is 0.926. The number of ether oxygens (including phenoxy) is 2. The van der Waals surface area contributed by atoms with Crippen molar-refractivity contribution in [3.63, 3.8) is 0 Å². The summed E-state index contributed by atoms with van der Waals surface area (Å²) in [5, 5.41) is 0. The van der Waals surface area contributed by atoms with E-state index in [0.717, 1.165) is 17.0 Å². The van der Waals surface area contributed by atoms with E-state index in [1.54, 1.807) is 0 Å². The summed E-state index contributed by atoms with van der Waals surface area (Å²) in [6, 6.07) is 0. The Bertz CT molecular complexity index is 227. The lowest BCUT2D eigenvalue weighted by Crippen LogP contribution is -2.40. The molecular formula is C15H29IO2. The number of halogens is 1. The van der Waals surface area contributed by atoms with Gasteiger partial charge in [0, 0.05) is 4.43 Å². The van der Waals surface area contributed by atoms with Crippen LogP contribution >= 0.6 is 22.6 Å². The quantitative estimate of drug-likeness (QED) is 0.388. The van der Waals surface area contributed by atoms with Gasteiger partial charge in [0.2, 0.25) is 0 Å². The van der Waals surface area contributed by atoms with E-state index in [1.807, 2.05) is 0 Å². The second-order valence-electron chi connectivity index (χ2n) is 6.48. The predicted octanol–water partition coefficient (Wildman–Crippen LogP) is 4.59. The van der Waals surface area contributed by atoms with Gasteiger partial charge in [0.05, 0.1) is 24.4 Å². The van der Waals surface area contributed by atoms with Crippen LogP contribution in [0.4, 0.5) is 0 Å². The van der Waals surface area contributed by atoms with Crippen molar-refractivity contribution >= 4 is 22.6 Å². The summed E-state index contributed by atoms with van der Waals surface area (Å²) in [6.45, 7) is 10.0. The van der Waals surface area contributed by atoms with Gasteiger partial charge in [-0.05, 0) is 52.4 Å². The fourth-order valence-electron chi connectivity index (χ4n) is 2.53. The molecule has 1 saturated carbocycles. The summed E-state index contributed by atoms with van der Waals surface area (Å²) < 4.78 is 13.0. The molecule has 108 valence electrons. The lowest BCUT2D eigenvalue weighted by Gasteiger charge is -2.39. The molecule has 0 heterocycles. The van der Waals surface area contributed by atoms with Crippen molar-refractivity contribution < 1.29 is 9.47 Å². The van der Waals surface area contributed by atoms with E-state index < -0.39 is 0 Å². The first kappa shape index (κ1) is 16.7. The summed E-state index contributed by atoms with van der Waals surface area (Å²) in [6.07, 6.45) is 6.44. The van der Waals surface area contributed by atoms with Crippen molar-refractivity contribution in [3.05, 3.63) is 0 Å². The molecule has 2 nitrogen and oxygen atoms in total. The van der Waals surface area contributed by atoms with Crippen molar-refractivity contribution in [1.29, 1.82) is 0 Å². The summed E-state index contributed by atoms with van der Waals surface area (Å²) in [7, 11) is 0. The largest absolute Gasteiger partial charge is 0.373 e. The monoisotopic (exact) mass is 368 g/mol. The van der Waals surface area contributed by atoms with E-state index in [0.29, 0.717) is 6.61 Å². The van der Waals surface area contributed by atoms with Crippen LogP contribution in [0.1, 0.15) is 59.8 Å². The number of hydrogen-bond donors (Lipinski definition) is 0. The summed E-state index contributed by atoms with van der Waals surface area (Å²) in [4.78, 5) is 0. The minimum Gasteiger partial charge on any atom is -0.373 e. The number of rotatable bonds is 6. The van der Waals surface area contributed by atoms with Gasteiger partial charge in [-0.1, -0.05) is 35.9 Å². The van der Waals surface area contributed by atoms with Crippen molar-refractivity contribution in [2.24, 2.45) is 5.92 Å². The van der Waals surface area contributed by atoms with E-state index in [1.165, 1.54) is 32.1 Å². The third kappa shape index (κ3) is 5.74. The van der Waals surface area contributed by atoms with Crippen LogP contribution in [0.2, 0.25) is 0 Å². The van der Waals surface area contributed by atoms with Crippen LogP contribution in [0.25, 0.3) is 0 Å². The molecule has 18 heavy (non-hydrogen) atoms. The van der Waals surface area contributed by atoms with Crippen LogP contribution in [-0.4, -0.2) is 28.8 Å². The molecule has 1 fully saturated rings. The minimum absolute atomic E-state index is 0.0548. The molecule has 0 spiro atoms. The number of hydrogen-bond acceptors (Lipinski definition) is 2. The normalized spacial score (nSPS) is 29.5. The first-order chi connectivity index (χ1) is 8.41. The molecule has 0 aliphatic heterocycles. The van der Waals surface area contributed by atoms with Crippen LogP contribution in [0.5, 0.6) is 0 Å². The van der Waals surface area contributed by atoms with Gasteiger partial charge in [0.1, 0.15) is 0 Å². The fraction of sp³-hybridized carbons (Fsp3) is 1.00. The Balaban J connectivity index is 2.29. The van der Waals surface area contributed by atoms with Gasteiger partial charge < -0.3 is 9.47 Å². The molecule has 1 aliphatic rings. The maximum Gasteiger partial charge on any atom is 0.0772 e. The van der Waals surface area contributed by atoms with E-state index in [2.05, 4.69) is 50.3 Å². The Kier molecular flexibility index (Phi) is 6.90. The van der Waals surface area contributed by atoms with Crippen LogP contribution < -0.4 is 0 Å². The third-order valence-corrected chi connectivity index (χ3v) is 5.25. The maximum absolute atomic E-state index is 6.18. The van der Waals surface area contributed by atoms with Crippen LogP contribution in [-0.2, 0) is 9.47 Å². The molecule has 0 atom stereocenters. The molecule has 3 heteroatoms. The van der Waals surface area contributed by atoms with Crippen LogP contribution in [0.15, 0.2) is 0 Å². The van der Waals surface area contributed by atoms with Crippen LogP contribution in [0.3, 0.4) is 0 Å². The Labute approximate surface area is 126 Å². The molecule has 0 aromatic rings. The third-order valence-electron chi connectivity index (χ3n) is 3.86. The topological polar surface area (TPSA) is 18.5 Å². The van der Waals surface area contributed by atoms with Crippen molar-refractivity contribution in [2.75, 3.05) is 17.6 Å². The summed E-state index contributed by atoms with van der Waals surface area (Å²) in [5.41, 5.74) is 0.0776. The molecule has 0 aromatic heterocycles. The average molecular weight is 368 g/mol. The Morgan fingerprint density at radius 3 is 2.22 bits per heavy atom. The van der Waals surface area contributed by atoms with Gasteiger partial charge in [0.15, 0.2) is 0 Å². The molecule has 1 aliphatic carbocycles. The second-order valence-corrected chi connectivity index (χ2v) is 7.24. The molecule has 1 rings (SSSR count). The molecule has 0 bridgehead atoms. The summed E-state index contributed by atoms with van der Waals surface area (Å²) >= 11 is 2.48. The lowest BCUT2D eigenvalue weighted by molar-refractivity contribution is -0.0987. The van der Waals surface area contributed by atoms with Crippen LogP contribution in [0, 0.1) is 5.92 Å². The molecule has 0 saturated heterocycles. The van der Waals surface area contributed by atoms with E-state index in [9.17, 15) is 0 Å².